The van der Waals surface area contributed by atoms with Crippen LogP contribution in [-0.2, 0) is 32.8 Å². The molecule has 3 rings (SSSR count). The summed E-state index contributed by atoms with van der Waals surface area (Å²) in [5.41, 5.74) is -0.249. The third-order valence-electron chi connectivity index (χ3n) is 7.47. The number of piperazine rings is 1. The molecular formula is C27H49N4O7P. The summed E-state index contributed by atoms with van der Waals surface area (Å²) in [6.45, 7) is 15.6. The van der Waals surface area contributed by atoms with Gasteiger partial charge in [0, 0.05) is 6.04 Å². The van der Waals surface area contributed by atoms with Crippen LogP contribution in [0.5, 0.6) is 0 Å². The highest BCUT2D eigenvalue weighted by molar-refractivity contribution is 7.54. The van der Waals surface area contributed by atoms with Gasteiger partial charge in [0.15, 0.2) is 12.3 Å². The topological polar surface area (TPSA) is 109 Å². The molecule has 3 amide bonds. The van der Waals surface area contributed by atoms with Gasteiger partial charge in [-0.3, -0.25) is 23.8 Å². The fourth-order valence-corrected chi connectivity index (χ4v) is 7.25. The van der Waals surface area contributed by atoms with Crippen LogP contribution in [0.3, 0.4) is 0 Å². The molecule has 0 unspecified atom stereocenters. The number of carbonyl (C=O) groups is 3. The lowest BCUT2D eigenvalue weighted by Gasteiger charge is -2.55. The molecule has 3 fully saturated rings. The first kappa shape index (κ1) is 32.0. The van der Waals surface area contributed by atoms with Crippen LogP contribution < -0.4 is 0 Å². The van der Waals surface area contributed by atoms with Crippen LogP contribution in [0, 0.1) is 11.3 Å². The predicted molar refractivity (Wildman–Crippen MR) is 148 cm³/mol. The summed E-state index contributed by atoms with van der Waals surface area (Å²) in [6, 6.07) is -0.716. The lowest BCUT2D eigenvalue weighted by atomic mass is 9.84. The molecule has 0 spiro atoms. The molecule has 0 radical (unpaired) electrons. The zero-order valence-corrected chi connectivity index (χ0v) is 25.9. The van der Waals surface area contributed by atoms with Gasteiger partial charge in [0.1, 0.15) is 12.2 Å². The van der Waals surface area contributed by atoms with Crippen LogP contribution >= 0.6 is 7.60 Å². The first-order valence-corrected chi connectivity index (χ1v) is 16.1. The van der Waals surface area contributed by atoms with E-state index >= 15 is 0 Å². The van der Waals surface area contributed by atoms with E-state index in [0.29, 0.717) is 12.8 Å². The summed E-state index contributed by atoms with van der Waals surface area (Å²) >= 11 is 0. The van der Waals surface area contributed by atoms with Gasteiger partial charge in [-0.25, -0.2) is 0 Å². The molecule has 3 aliphatic rings. The van der Waals surface area contributed by atoms with E-state index in [-0.39, 0.29) is 48.9 Å². The van der Waals surface area contributed by atoms with E-state index < -0.39 is 38.0 Å². The average Bonchev–Trinajstić information content (AvgIpc) is 2.82. The summed E-state index contributed by atoms with van der Waals surface area (Å²) in [5, 5.41) is 1.20. The van der Waals surface area contributed by atoms with Crippen LogP contribution in [0.2, 0.25) is 0 Å². The lowest BCUT2D eigenvalue weighted by molar-refractivity contribution is -0.277. The number of hydrogen-bond acceptors (Lipinski definition) is 8. The van der Waals surface area contributed by atoms with Crippen molar-refractivity contribution in [2.75, 3.05) is 46.1 Å². The predicted octanol–water partition coefficient (Wildman–Crippen LogP) is 3.34. The van der Waals surface area contributed by atoms with E-state index in [1.807, 2.05) is 39.5 Å². The van der Waals surface area contributed by atoms with Crippen molar-refractivity contribution in [2.24, 2.45) is 11.3 Å². The van der Waals surface area contributed by atoms with Gasteiger partial charge in [-0.15, -0.1) is 0 Å². The molecule has 0 bridgehead atoms. The number of carbonyl (C=O) groups excluding carboxylic acids is 3. The van der Waals surface area contributed by atoms with Crippen molar-refractivity contribution < 1.29 is 32.8 Å². The van der Waals surface area contributed by atoms with Gasteiger partial charge in [-0.05, 0) is 71.0 Å². The third-order valence-corrected chi connectivity index (χ3v) is 9.43. The number of rotatable bonds is 10. The minimum absolute atomic E-state index is 0.0108. The SMILES string of the molecule is CCOP(=O)(CC(=O)N1O[C@H](CC(C)C)C(=O)N2[C@@H]1CN(C1CCN(C)CC1)C(=O)[C@@H]2CC(C)(C)C)OCC. The monoisotopic (exact) mass is 572 g/mol. The Hall–Kier alpha value is -1.52. The van der Waals surface area contributed by atoms with Crippen molar-refractivity contribution in [3.8, 4) is 0 Å². The zero-order chi connectivity index (χ0) is 29.1. The second kappa shape index (κ2) is 13.0. The number of piperidine rings is 1. The van der Waals surface area contributed by atoms with Gasteiger partial charge >= 0.3 is 7.60 Å². The maximum absolute atomic E-state index is 14.1. The Balaban J connectivity index is 2.02. The molecule has 39 heavy (non-hydrogen) atoms. The molecule has 0 aromatic carbocycles. The first-order chi connectivity index (χ1) is 18.2. The summed E-state index contributed by atoms with van der Waals surface area (Å²) in [4.78, 5) is 53.6. The maximum Gasteiger partial charge on any atom is 0.340 e. The summed E-state index contributed by atoms with van der Waals surface area (Å²) < 4.78 is 24.1. The van der Waals surface area contributed by atoms with Crippen molar-refractivity contribution in [3.63, 3.8) is 0 Å². The number of nitrogens with zero attached hydrogens (tertiary/aromatic N) is 4. The fourth-order valence-electron chi connectivity index (χ4n) is 5.73. The fraction of sp³-hybridized carbons (Fsp3) is 0.889. The highest BCUT2D eigenvalue weighted by Crippen LogP contribution is 2.48. The van der Waals surface area contributed by atoms with Gasteiger partial charge < -0.3 is 23.7 Å². The van der Waals surface area contributed by atoms with Crippen LogP contribution in [0.25, 0.3) is 0 Å². The lowest BCUT2D eigenvalue weighted by Crippen LogP contribution is -2.75. The molecular weight excluding hydrogens is 523 g/mol. The first-order valence-electron chi connectivity index (χ1n) is 14.4. The summed E-state index contributed by atoms with van der Waals surface area (Å²) in [5.74, 6) is -0.816. The van der Waals surface area contributed by atoms with Crippen molar-refractivity contribution in [1.82, 2.24) is 19.8 Å². The normalized spacial score (nSPS) is 26.0. The molecule has 11 nitrogen and oxygen atoms in total. The smallest absolute Gasteiger partial charge is 0.334 e. The molecule has 3 saturated heterocycles. The van der Waals surface area contributed by atoms with Crippen molar-refractivity contribution in [1.29, 1.82) is 0 Å². The Kier molecular flexibility index (Phi) is 10.7. The van der Waals surface area contributed by atoms with E-state index in [0.717, 1.165) is 25.9 Å². The Morgan fingerprint density at radius 1 is 1.08 bits per heavy atom. The van der Waals surface area contributed by atoms with Gasteiger partial charge in [-0.1, -0.05) is 34.6 Å². The van der Waals surface area contributed by atoms with Gasteiger partial charge in [0.05, 0.1) is 19.8 Å². The molecule has 3 aliphatic heterocycles. The van der Waals surface area contributed by atoms with E-state index in [9.17, 15) is 18.9 Å². The maximum atomic E-state index is 14.1. The average molecular weight is 573 g/mol. The highest BCUT2D eigenvalue weighted by atomic mass is 31.2. The number of hydroxylamine groups is 2. The van der Waals surface area contributed by atoms with Crippen LogP contribution in [-0.4, -0.2) is 108 Å². The summed E-state index contributed by atoms with van der Waals surface area (Å²) in [6.07, 6.45) is 0.219. The highest BCUT2D eigenvalue weighted by Gasteiger charge is 2.55. The molecule has 0 N–H and O–H groups in total. The van der Waals surface area contributed by atoms with Crippen molar-refractivity contribution >= 4 is 25.3 Å². The molecule has 0 aliphatic carbocycles. The Bertz CT molecular complexity index is 922. The van der Waals surface area contributed by atoms with Crippen molar-refractivity contribution in [3.05, 3.63) is 0 Å². The molecule has 3 heterocycles. The molecule has 0 saturated carbocycles. The van der Waals surface area contributed by atoms with E-state index in [1.54, 1.807) is 18.7 Å². The molecule has 3 atom stereocenters. The van der Waals surface area contributed by atoms with Crippen LogP contribution in [0.15, 0.2) is 0 Å². The van der Waals surface area contributed by atoms with E-state index in [1.165, 1.54) is 5.06 Å². The summed E-state index contributed by atoms with van der Waals surface area (Å²) in [7, 11) is -1.66. The van der Waals surface area contributed by atoms with Gasteiger partial charge in [0.2, 0.25) is 5.91 Å². The van der Waals surface area contributed by atoms with Crippen LogP contribution in [0.1, 0.15) is 74.1 Å². The molecule has 0 aromatic rings. The molecule has 0 aromatic heterocycles. The minimum atomic E-state index is -3.72. The van der Waals surface area contributed by atoms with E-state index in [4.69, 9.17) is 13.9 Å². The quantitative estimate of drug-likeness (QED) is 0.367. The number of fused-ring (bicyclic) bond motifs is 1. The Labute approximate surface area is 233 Å². The van der Waals surface area contributed by atoms with Crippen molar-refractivity contribution in [2.45, 2.75) is 98.5 Å². The van der Waals surface area contributed by atoms with Gasteiger partial charge in [0.25, 0.3) is 11.8 Å². The Morgan fingerprint density at radius 3 is 2.18 bits per heavy atom. The minimum Gasteiger partial charge on any atom is -0.334 e. The Morgan fingerprint density at radius 2 is 1.67 bits per heavy atom. The second-order valence-corrected chi connectivity index (χ2v) is 14.6. The number of amides is 3. The largest absolute Gasteiger partial charge is 0.340 e. The van der Waals surface area contributed by atoms with E-state index in [2.05, 4.69) is 11.9 Å². The third kappa shape index (κ3) is 7.82. The standard InChI is InChI=1S/C27H49N4O7P/c1-9-36-39(35,37-10-2)18-24(32)31-23-17-29(20-11-13-28(8)14-12-20)25(33)21(16-27(5,6)7)30(23)26(34)22(38-31)15-19(3)4/h19-23H,9-18H2,1-8H3/t21-,22+,23-/m0/s1. The molecule has 12 heteroatoms. The molecule has 224 valence electrons. The second-order valence-electron chi connectivity index (χ2n) is 12.6. The zero-order valence-electron chi connectivity index (χ0n) is 25.1. The van der Waals surface area contributed by atoms with Crippen LogP contribution in [0.4, 0.5) is 0 Å². The number of hydrogen-bond donors (Lipinski definition) is 0. The van der Waals surface area contributed by atoms with Gasteiger partial charge in [-0.2, -0.15) is 5.06 Å². The number of likely N-dealkylation sites (tertiary alicyclic amines) is 1.